The zero-order chi connectivity index (χ0) is 10.4. The van der Waals surface area contributed by atoms with E-state index in [9.17, 15) is 0 Å². The van der Waals surface area contributed by atoms with Crippen molar-refractivity contribution in [1.29, 1.82) is 0 Å². The molecule has 84 valence electrons. The third-order valence-electron chi connectivity index (χ3n) is 2.41. The van der Waals surface area contributed by atoms with E-state index in [4.69, 9.17) is 4.74 Å². The Morgan fingerprint density at radius 2 is 1.93 bits per heavy atom. The molecule has 1 unspecified atom stereocenters. The monoisotopic (exact) mass is 217 g/mol. The van der Waals surface area contributed by atoms with Crippen LogP contribution in [-0.2, 0) is 4.74 Å². The summed E-state index contributed by atoms with van der Waals surface area (Å²) in [5.74, 6) is 0. The minimum Gasteiger partial charge on any atom is -0.381 e. The quantitative estimate of drug-likeness (QED) is 0.763. The molecule has 1 N–H and O–H groups in total. The average molecular weight is 217 g/mol. The summed E-state index contributed by atoms with van der Waals surface area (Å²) in [7, 11) is 0. The molecule has 0 radical (unpaired) electrons. The molecule has 0 aromatic heterocycles. The minimum atomic E-state index is 0.604. The van der Waals surface area contributed by atoms with Crippen molar-refractivity contribution >= 4 is 11.8 Å². The maximum Gasteiger partial charge on any atom is 0.0476 e. The van der Waals surface area contributed by atoms with Crippen LogP contribution in [0.1, 0.15) is 33.6 Å². The Morgan fingerprint density at radius 3 is 2.50 bits per heavy atom. The third-order valence-corrected chi connectivity index (χ3v) is 3.89. The smallest absolute Gasteiger partial charge is 0.0476 e. The lowest BCUT2D eigenvalue weighted by atomic mass is 10.2. The lowest BCUT2D eigenvalue weighted by Gasteiger charge is -2.25. The summed E-state index contributed by atoms with van der Waals surface area (Å²) in [5.41, 5.74) is 0. The van der Waals surface area contributed by atoms with E-state index in [0.29, 0.717) is 6.04 Å². The Hall–Kier alpha value is 0.270. The SMILES string of the molecule is CC(C)NCC(C)SC1CCOCC1. The highest BCUT2D eigenvalue weighted by molar-refractivity contribution is 8.00. The summed E-state index contributed by atoms with van der Waals surface area (Å²) >= 11 is 2.12. The molecule has 0 amide bonds. The van der Waals surface area contributed by atoms with Crippen molar-refractivity contribution < 1.29 is 4.74 Å². The van der Waals surface area contributed by atoms with Crippen LogP contribution < -0.4 is 5.32 Å². The van der Waals surface area contributed by atoms with Crippen molar-refractivity contribution in [3.8, 4) is 0 Å². The first kappa shape index (κ1) is 12.3. The largest absolute Gasteiger partial charge is 0.381 e. The van der Waals surface area contributed by atoms with E-state index in [-0.39, 0.29) is 0 Å². The number of hydrogen-bond donors (Lipinski definition) is 1. The number of hydrogen-bond acceptors (Lipinski definition) is 3. The Morgan fingerprint density at radius 1 is 1.29 bits per heavy atom. The second-order valence-electron chi connectivity index (χ2n) is 4.32. The summed E-state index contributed by atoms with van der Waals surface area (Å²) in [4.78, 5) is 0. The van der Waals surface area contributed by atoms with Crippen molar-refractivity contribution in [3.05, 3.63) is 0 Å². The average Bonchev–Trinajstić information content (AvgIpc) is 2.16. The molecule has 0 saturated carbocycles. The van der Waals surface area contributed by atoms with E-state index >= 15 is 0 Å². The molecule has 0 aromatic carbocycles. The van der Waals surface area contributed by atoms with Gasteiger partial charge in [0.1, 0.15) is 0 Å². The van der Waals surface area contributed by atoms with E-state index in [1.54, 1.807) is 0 Å². The Kier molecular flexibility index (Phi) is 5.90. The molecule has 1 aliphatic rings. The molecule has 1 saturated heterocycles. The Bertz CT molecular complexity index is 146. The van der Waals surface area contributed by atoms with Gasteiger partial charge in [-0.2, -0.15) is 11.8 Å². The van der Waals surface area contributed by atoms with Crippen LogP contribution in [0.4, 0.5) is 0 Å². The fraction of sp³-hybridized carbons (Fsp3) is 1.00. The van der Waals surface area contributed by atoms with Gasteiger partial charge in [0.2, 0.25) is 0 Å². The molecule has 0 bridgehead atoms. The van der Waals surface area contributed by atoms with Gasteiger partial charge in [-0.05, 0) is 12.8 Å². The van der Waals surface area contributed by atoms with E-state index in [1.165, 1.54) is 12.8 Å². The number of rotatable bonds is 5. The maximum atomic E-state index is 5.35. The van der Waals surface area contributed by atoms with Gasteiger partial charge < -0.3 is 10.1 Å². The Labute approximate surface area is 92.2 Å². The van der Waals surface area contributed by atoms with Crippen LogP contribution >= 0.6 is 11.8 Å². The van der Waals surface area contributed by atoms with Crippen molar-refractivity contribution in [1.82, 2.24) is 5.32 Å². The van der Waals surface area contributed by atoms with Crippen LogP contribution in [0, 0.1) is 0 Å². The maximum absolute atomic E-state index is 5.35. The molecule has 1 heterocycles. The van der Waals surface area contributed by atoms with E-state index in [1.807, 2.05) is 0 Å². The van der Waals surface area contributed by atoms with Crippen LogP contribution in [0.5, 0.6) is 0 Å². The summed E-state index contributed by atoms with van der Waals surface area (Å²) < 4.78 is 5.35. The van der Waals surface area contributed by atoms with E-state index in [2.05, 4.69) is 37.8 Å². The van der Waals surface area contributed by atoms with Crippen molar-refractivity contribution in [2.45, 2.75) is 50.2 Å². The molecular formula is C11H23NOS. The lowest BCUT2D eigenvalue weighted by molar-refractivity contribution is 0.0999. The van der Waals surface area contributed by atoms with Gasteiger partial charge in [-0.3, -0.25) is 0 Å². The molecule has 1 atom stereocenters. The normalized spacial score (nSPS) is 21.4. The fourth-order valence-electron chi connectivity index (χ4n) is 1.59. The topological polar surface area (TPSA) is 21.3 Å². The molecule has 1 rings (SSSR count). The van der Waals surface area contributed by atoms with Gasteiger partial charge in [-0.15, -0.1) is 0 Å². The van der Waals surface area contributed by atoms with Crippen molar-refractivity contribution in [3.63, 3.8) is 0 Å². The zero-order valence-electron chi connectivity index (χ0n) is 9.58. The molecule has 0 aromatic rings. The predicted octanol–water partition coefficient (Wildman–Crippen LogP) is 2.29. The van der Waals surface area contributed by atoms with Gasteiger partial charge in [0.15, 0.2) is 0 Å². The van der Waals surface area contributed by atoms with Crippen LogP contribution in [-0.4, -0.2) is 36.3 Å². The third kappa shape index (κ3) is 5.23. The van der Waals surface area contributed by atoms with Crippen LogP contribution in [0.2, 0.25) is 0 Å². The first-order chi connectivity index (χ1) is 6.68. The van der Waals surface area contributed by atoms with Gasteiger partial charge >= 0.3 is 0 Å². The number of nitrogens with one attached hydrogen (secondary N) is 1. The van der Waals surface area contributed by atoms with Gasteiger partial charge in [-0.1, -0.05) is 20.8 Å². The highest BCUT2D eigenvalue weighted by atomic mass is 32.2. The van der Waals surface area contributed by atoms with Crippen molar-refractivity contribution in [2.24, 2.45) is 0 Å². The molecule has 14 heavy (non-hydrogen) atoms. The van der Waals surface area contributed by atoms with E-state index in [0.717, 1.165) is 30.3 Å². The number of ether oxygens (including phenoxy) is 1. The van der Waals surface area contributed by atoms with E-state index < -0.39 is 0 Å². The van der Waals surface area contributed by atoms with Gasteiger partial charge in [0, 0.05) is 36.3 Å². The second kappa shape index (κ2) is 6.70. The predicted molar refractivity (Wildman–Crippen MR) is 64.0 cm³/mol. The lowest BCUT2D eigenvalue weighted by Crippen LogP contribution is -2.30. The summed E-state index contributed by atoms with van der Waals surface area (Å²) in [6.07, 6.45) is 2.47. The molecule has 1 fully saturated rings. The summed E-state index contributed by atoms with van der Waals surface area (Å²) in [5, 5.41) is 5.03. The summed E-state index contributed by atoms with van der Waals surface area (Å²) in [6.45, 7) is 9.76. The molecule has 1 aliphatic heterocycles. The Balaban J connectivity index is 2.09. The molecule has 2 nitrogen and oxygen atoms in total. The van der Waals surface area contributed by atoms with Crippen molar-refractivity contribution in [2.75, 3.05) is 19.8 Å². The van der Waals surface area contributed by atoms with Gasteiger partial charge in [-0.25, -0.2) is 0 Å². The second-order valence-corrected chi connectivity index (χ2v) is 6.06. The standard InChI is InChI=1S/C11H23NOS/c1-9(2)12-8-10(3)14-11-4-6-13-7-5-11/h9-12H,4-8H2,1-3H3. The van der Waals surface area contributed by atoms with Gasteiger partial charge in [0.05, 0.1) is 0 Å². The molecule has 3 heteroatoms. The number of thioether (sulfide) groups is 1. The molecular weight excluding hydrogens is 194 g/mol. The molecule has 0 aliphatic carbocycles. The van der Waals surface area contributed by atoms with Crippen LogP contribution in [0.15, 0.2) is 0 Å². The first-order valence-corrected chi connectivity index (χ1v) is 6.59. The molecule has 0 spiro atoms. The van der Waals surface area contributed by atoms with Crippen LogP contribution in [0.25, 0.3) is 0 Å². The fourth-order valence-corrected chi connectivity index (χ4v) is 2.90. The zero-order valence-corrected chi connectivity index (χ0v) is 10.4. The van der Waals surface area contributed by atoms with Crippen LogP contribution in [0.3, 0.4) is 0 Å². The van der Waals surface area contributed by atoms with Gasteiger partial charge in [0.25, 0.3) is 0 Å². The highest BCUT2D eigenvalue weighted by Crippen LogP contribution is 2.25. The summed E-state index contributed by atoms with van der Waals surface area (Å²) in [6, 6.07) is 0.604. The highest BCUT2D eigenvalue weighted by Gasteiger charge is 2.17. The first-order valence-electron chi connectivity index (χ1n) is 5.65. The minimum absolute atomic E-state index is 0.604.